The van der Waals surface area contributed by atoms with Crippen LogP contribution in [0.4, 0.5) is 11.4 Å². The molecule has 23 heavy (non-hydrogen) atoms. The van der Waals surface area contributed by atoms with E-state index in [1.54, 1.807) is 24.1 Å². The van der Waals surface area contributed by atoms with E-state index in [1.165, 1.54) is 0 Å². The third kappa shape index (κ3) is 4.64. The molecule has 1 aromatic rings. The van der Waals surface area contributed by atoms with Gasteiger partial charge in [0.1, 0.15) is 5.69 Å². The number of hydrogen-bond acceptors (Lipinski definition) is 6. The van der Waals surface area contributed by atoms with Crippen LogP contribution in [-0.2, 0) is 9.53 Å². The van der Waals surface area contributed by atoms with Crippen LogP contribution in [-0.4, -0.2) is 66.8 Å². The van der Waals surface area contributed by atoms with E-state index in [9.17, 15) is 14.9 Å². The zero-order valence-corrected chi connectivity index (χ0v) is 13.3. The van der Waals surface area contributed by atoms with E-state index in [0.29, 0.717) is 31.9 Å². The molecule has 0 amide bonds. The molecule has 0 saturated carbocycles. The second kappa shape index (κ2) is 7.38. The SMILES string of the molecule is Cc1ccc(N2CCOC(CN(C)CC(=O)O)C2)c([N+](=O)[O-])c1. The van der Waals surface area contributed by atoms with Crippen LogP contribution < -0.4 is 4.90 Å². The van der Waals surface area contributed by atoms with E-state index in [2.05, 4.69) is 0 Å². The van der Waals surface area contributed by atoms with Crippen molar-refractivity contribution in [3.63, 3.8) is 0 Å². The Kier molecular flexibility index (Phi) is 5.51. The molecule has 2 rings (SSSR count). The van der Waals surface area contributed by atoms with Gasteiger partial charge in [0.2, 0.25) is 0 Å². The van der Waals surface area contributed by atoms with Crippen LogP contribution in [0.5, 0.6) is 0 Å². The van der Waals surface area contributed by atoms with Gasteiger partial charge in [0.05, 0.1) is 24.2 Å². The van der Waals surface area contributed by atoms with Gasteiger partial charge in [-0.2, -0.15) is 0 Å². The summed E-state index contributed by atoms with van der Waals surface area (Å²) in [5, 5.41) is 20.1. The molecule has 0 bridgehead atoms. The van der Waals surface area contributed by atoms with Crippen LogP contribution in [0.1, 0.15) is 5.56 Å². The van der Waals surface area contributed by atoms with Gasteiger partial charge in [-0.3, -0.25) is 19.8 Å². The second-order valence-corrected chi connectivity index (χ2v) is 5.78. The number of hydrogen-bond donors (Lipinski definition) is 1. The van der Waals surface area contributed by atoms with Gasteiger partial charge in [-0.25, -0.2) is 0 Å². The van der Waals surface area contributed by atoms with Crippen molar-refractivity contribution in [2.45, 2.75) is 13.0 Å². The quantitative estimate of drug-likeness (QED) is 0.619. The standard InChI is InChI=1S/C15H21N3O5/c1-11-3-4-13(14(7-11)18(21)22)17-5-6-23-12(9-17)8-16(2)10-15(19)20/h3-4,7,12H,5-6,8-10H2,1-2H3,(H,19,20). The number of carboxylic acids is 1. The maximum Gasteiger partial charge on any atom is 0.317 e. The van der Waals surface area contributed by atoms with Crippen molar-refractivity contribution < 1.29 is 19.6 Å². The van der Waals surface area contributed by atoms with Crippen molar-refractivity contribution in [2.24, 2.45) is 0 Å². The van der Waals surface area contributed by atoms with Gasteiger partial charge in [-0.15, -0.1) is 0 Å². The minimum absolute atomic E-state index is 0.0649. The highest BCUT2D eigenvalue weighted by Gasteiger charge is 2.27. The molecule has 0 aromatic heterocycles. The minimum atomic E-state index is -0.894. The molecule has 1 N–H and O–H groups in total. The summed E-state index contributed by atoms with van der Waals surface area (Å²) < 4.78 is 5.66. The molecule has 8 heteroatoms. The summed E-state index contributed by atoms with van der Waals surface area (Å²) in [6, 6.07) is 5.18. The van der Waals surface area contributed by atoms with E-state index in [0.717, 1.165) is 5.56 Å². The molecular formula is C15H21N3O5. The lowest BCUT2D eigenvalue weighted by atomic mass is 10.1. The summed E-state index contributed by atoms with van der Waals surface area (Å²) in [7, 11) is 1.71. The number of anilines is 1. The molecule has 1 atom stereocenters. The van der Waals surface area contributed by atoms with Gasteiger partial charge in [-0.05, 0) is 25.6 Å². The highest BCUT2D eigenvalue weighted by Crippen LogP contribution is 2.30. The van der Waals surface area contributed by atoms with Crippen LogP contribution in [0, 0.1) is 17.0 Å². The molecule has 1 aromatic carbocycles. The number of likely N-dealkylation sites (N-methyl/N-ethyl adjacent to an activating group) is 1. The van der Waals surface area contributed by atoms with Crippen molar-refractivity contribution in [1.82, 2.24) is 4.90 Å². The first-order valence-electron chi connectivity index (χ1n) is 7.38. The number of nitro benzene ring substituents is 1. The van der Waals surface area contributed by atoms with E-state index >= 15 is 0 Å². The Morgan fingerprint density at radius 2 is 2.30 bits per heavy atom. The fraction of sp³-hybridized carbons (Fsp3) is 0.533. The van der Waals surface area contributed by atoms with Crippen molar-refractivity contribution in [2.75, 3.05) is 44.7 Å². The van der Waals surface area contributed by atoms with Gasteiger partial charge in [0.15, 0.2) is 0 Å². The summed E-state index contributed by atoms with van der Waals surface area (Å²) >= 11 is 0. The predicted molar refractivity (Wildman–Crippen MR) is 84.9 cm³/mol. The third-order valence-electron chi connectivity index (χ3n) is 3.73. The van der Waals surface area contributed by atoms with Crippen LogP contribution in [0.25, 0.3) is 0 Å². The Labute approximate surface area is 134 Å². The lowest BCUT2D eigenvalue weighted by molar-refractivity contribution is -0.384. The molecule has 1 heterocycles. The third-order valence-corrected chi connectivity index (χ3v) is 3.73. The van der Waals surface area contributed by atoms with Crippen molar-refractivity contribution >= 4 is 17.3 Å². The minimum Gasteiger partial charge on any atom is -0.480 e. The number of morpholine rings is 1. The van der Waals surface area contributed by atoms with Crippen molar-refractivity contribution in [3.8, 4) is 0 Å². The number of carbonyl (C=O) groups is 1. The number of benzene rings is 1. The van der Waals surface area contributed by atoms with E-state index in [1.807, 2.05) is 17.9 Å². The lowest BCUT2D eigenvalue weighted by Crippen LogP contribution is -2.47. The number of nitro groups is 1. The predicted octanol–water partition coefficient (Wildman–Crippen LogP) is 1.12. The highest BCUT2D eigenvalue weighted by molar-refractivity contribution is 5.69. The Bertz CT molecular complexity index is 592. The summed E-state index contributed by atoms with van der Waals surface area (Å²) in [5.41, 5.74) is 1.51. The van der Waals surface area contributed by atoms with E-state index in [4.69, 9.17) is 9.84 Å². The molecule has 1 saturated heterocycles. The first kappa shape index (κ1) is 17.2. The number of aliphatic carboxylic acids is 1. The molecule has 1 aliphatic rings. The molecule has 0 spiro atoms. The zero-order chi connectivity index (χ0) is 17.0. The van der Waals surface area contributed by atoms with E-state index < -0.39 is 5.97 Å². The smallest absolute Gasteiger partial charge is 0.317 e. The van der Waals surface area contributed by atoms with Crippen LogP contribution in [0.15, 0.2) is 18.2 Å². The first-order valence-corrected chi connectivity index (χ1v) is 7.38. The highest BCUT2D eigenvalue weighted by atomic mass is 16.6. The van der Waals surface area contributed by atoms with Crippen LogP contribution in [0.3, 0.4) is 0 Å². The van der Waals surface area contributed by atoms with Gasteiger partial charge < -0.3 is 14.7 Å². The fourth-order valence-electron chi connectivity index (χ4n) is 2.74. The van der Waals surface area contributed by atoms with Gasteiger partial charge in [-0.1, -0.05) is 6.07 Å². The number of ether oxygens (including phenoxy) is 1. The summed E-state index contributed by atoms with van der Waals surface area (Å²) in [6.45, 7) is 3.74. The summed E-state index contributed by atoms with van der Waals surface area (Å²) in [6.07, 6.45) is -0.186. The molecule has 0 aliphatic carbocycles. The second-order valence-electron chi connectivity index (χ2n) is 5.78. The largest absolute Gasteiger partial charge is 0.480 e. The average Bonchev–Trinajstić information content (AvgIpc) is 2.46. The molecular weight excluding hydrogens is 302 g/mol. The van der Waals surface area contributed by atoms with Gasteiger partial charge >= 0.3 is 5.97 Å². The molecule has 8 nitrogen and oxygen atoms in total. The monoisotopic (exact) mass is 323 g/mol. The van der Waals surface area contributed by atoms with Crippen molar-refractivity contribution in [1.29, 1.82) is 0 Å². The number of aryl methyl sites for hydroxylation is 1. The normalized spacial score (nSPS) is 18.2. The Morgan fingerprint density at radius 1 is 1.57 bits per heavy atom. The lowest BCUT2D eigenvalue weighted by Gasteiger charge is -2.35. The van der Waals surface area contributed by atoms with Crippen LogP contribution in [0.2, 0.25) is 0 Å². The maximum atomic E-state index is 11.3. The van der Waals surface area contributed by atoms with Gasteiger partial charge in [0.25, 0.3) is 5.69 Å². The summed E-state index contributed by atoms with van der Waals surface area (Å²) in [4.78, 5) is 25.2. The zero-order valence-electron chi connectivity index (χ0n) is 13.3. The maximum absolute atomic E-state index is 11.3. The fourth-order valence-corrected chi connectivity index (χ4v) is 2.74. The Balaban J connectivity index is 2.09. The molecule has 1 aliphatic heterocycles. The molecule has 126 valence electrons. The molecule has 1 unspecified atom stereocenters. The summed E-state index contributed by atoms with van der Waals surface area (Å²) in [5.74, 6) is -0.894. The van der Waals surface area contributed by atoms with Crippen LogP contribution >= 0.6 is 0 Å². The Hall–Kier alpha value is -2.19. The topological polar surface area (TPSA) is 96.2 Å². The van der Waals surface area contributed by atoms with Gasteiger partial charge in [0, 0.05) is 25.7 Å². The number of carboxylic acid groups (broad SMARTS) is 1. The Morgan fingerprint density at radius 3 is 2.96 bits per heavy atom. The molecule has 0 radical (unpaired) electrons. The first-order chi connectivity index (χ1) is 10.9. The molecule has 1 fully saturated rings. The van der Waals surface area contributed by atoms with Crippen molar-refractivity contribution in [3.05, 3.63) is 33.9 Å². The number of rotatable bonds is 6. The number of nitrogens with zero attached hydrogens (tertiary/aromatic N) is 3. The van der Waals surface area contributed by atoms with E-state index in [-0.39, 0.29) is 23.3 Å². The average molecular weight is 323 g/mol.